The molecule has 0 spiro atoms. The average molecular weight is 256 g/mol. The number of aryl methyl sites for hydroxylation is 1. The third-order valence-corrected chi connectivity index (χ3v) is 2.81. The molecule has 2 aromatic rings. The summed E-state index contributed by atoms with van der Waals surface area (Å²) in [6.07, 6.45) is 0. The van der Waals surface area contributed by atoms with Crippen LogP contribution in [0.25, 0.3) is 11.1 Å². The van der Waals surface area contributed by atoms with Crippen LogP contribution in [0.3, 0.4) is 0 Å². The highest BCUT2D eigenvalue weighted by Gasteiger charge is 2.12. The van der Waals surface area contributed by atoms with E-state index in [9.17, 15) is 9.59 Å². The van der Waals surface area contributed by atoms with Gasteiger partial charge in [0.1, 0.15) is 0 Å². The number of carboxylic acids is 2. The molecule has 0 bridgehead atoms. The number of rotatable bonds is 3. The summed E-state index contributed by atoms with van der Waals surface area (Å²) in [4.78, 5) is 22.0. The molecule has 0 atom stereocenters. The van der Waals surface area contributed by atoms with Crippen LogP contribution in [0, 0.1) is 6.92 Å². The SMILES string of the molecule is Cc1ccc(-c2cc(C(=O)O)cc(C(=O)O)c2)cc1. The maximum Gasteiger partial charge on any atom is 0.335 e. The molecule has 0 aliphatic carbocycles. The van der Waals surface area contributed by atoms with Crippen molar-refractivity contribution in [2.24, 2.45) is 0 Å². The number of benzene rings is 2. The quantitative estimate of drug-likeness (QED) is 0.885. The van der Waals surface area contributed by atoms with Crippen LogP contribution in [0.4, 0.5) is 0 Å². The van der Waals surface area contributed by atoms with Crippen molar-refractivity contribution in [1.29, 1.82) is 0 Å². The largest absolute Gasteiger partial charge is 0.478 e. The second kappa shape index (κ2) is 4.94. The van der Waals surface area contributed by atoms with E-state index in [2.05, 4.69) is 0 Å². The number of hydrogen-bond donors (Lipinski definition) is 2. The van der Waals surface area contributed by atoms with Crippen LogP contribution in [-0.2, 0) is 0 Å². The Morgan fingerprint density at radius 1 is 0.789 bits per heavy atom. The Balaban J connectivity index is 2.59. The molecule has 4 heteroatoms. The molecule has 2 aromatic carbocycles. The van der Waals surface area contributed by atoms with Gasteiger partial charge in [-0.3, -0.25) is 0 Å². The highest BCUT2D eigenvalue weighted by Crippen LogP contribution is 2.23. The van der Waals surface area contributed by atoms with E-state index >= 15 is 0 Å². The van der Waals surface area contributed by atoms with Crippen molar-refractivity contribution in [3.05, 3.63) is 59.2 Å². The third kappa shape index (κ3) is 2.80. The van der Waals surface area contributed by atoms with E-state index in [-0.39, 0.29) is 11.1 Å². The molecule has 2 rings (SSSR count). The molecule has 0 heterocycles. The minimum absolute atomic E-state index is 0.0320. The van der Waals surface area contributed by atoms with Gasteiger partial charge in [-0.15, -0.1) is 0 Å². The second-order valence-electron chi connectivity index (χ2n) is 4.28. The van der Waals surface area contributed by atoms with Crippen molar-refractivity contribution in [1.82, 2.24) is 0 Å². The maximum atomic E-state index is 11.0. The minimum atomic E-state index is -1.14. The van der Waals surface area contributed by atoms with Gasteiger partial charge >= 0.3 is 11.9 Å². The molecule has 0 aliphatic heterocycles. The first kappa shape index (κ1) is 12.8. The Kier molecular flexibility index (Phi) is 3.33. The van der Waals surface area contributed by atoms with Gasteiger partial charge in [0.2, 0.25) is 0 Å². The average Bonchev–Trinajstić information content (AvgIpc) is 2.39. The summed E-state index contributed by atoms with van der Waals surface area (Å²) in [6.45, 7) is 1.94. The van der Waals surface area contributed by atoms with Crippen molar-refractivity contribution in [2.45, 2.75) is 6.92 Å². The lowest BCUT2D eigenvalue weighted by molar-refractivity contribution is 0.0696. The minimum Gasteiger partial charge on any atom is -0.478 e. The van der Waals surface area contributed by atoms with E-state index < -0.39 is 11.9 Å². The summed E-state index contributed by atoms with van der Waals surface area (Å²) < 4.78 is 0. The standard InChI is InChI=1S/C15H12O4/c1-9-2-4-10(5-3-9)11-6-12(14(16)17)8-13(7-11)15(18)19/h2-8H,1H3,(H,16,17)(H,18,19). The number of aromatic carboxylic acids is 2. The van der Waals surface area contributed by atoms with E-state index in [1.165, 1.54) is 12.1 Å². The zero-order valence-corrected chi connectivity index (χ0v) is 10.3. The van der Waals surface area contributed by atoms with Crippen LogP contribution in [0.2, 0.25) is 0 Å². The van der Waals surface area contributed by atoms with E-state index in [1.54, 1.807) is 0 Å². The fourth-order valence-corrected chi connectivity index (χ4v) is 1.79. The van der Waals surface area contributed by atoms with E-state index in [0.717, 1.165) is 17.2 Å². The first-order valence-corrected chi connectivity index (χ1v) is 5.66. The van der Waals surface area contributed by atoms with Gasteiger partial charge in [-0.25, -0.2) is 9.59 Å². The molecule has 19 heavy (non-hydrogen) atoms. The molecule has 0 saturated carbocycles. The van der Waals surface area contributed by atoms with Gasteiger partial charge in [0.05, 0.1) is 11.1 Å². The highest BCUT2D eigenvalue weighted by molar-refractivity contribution is 5.96. The van der Waals surface area contributed by atoms with Gasteiger partial charge < -0.3 is 10.2 Å². The third-order valence-electron chi connectivity index (χ3n) is 2.81. The lowest BCUT2D eigenvalue weighted by Crippen LogP contribution is -2.03. The summed E-state index contributed by atoms with van der Waals surface area (Å²) in [7, 11) is 0. The maximum absolute atomic E-state index is 11.0. The molecule has 96 valence electrons. The smallest absolute Gasteiger partial charge is 0.335 e. The molecule has 0 unspecified atom stereocenters. The monoisotopic (exact) mass is 256 g/mol. The van der Waals surface area contributed by atoms with Gasteiger partial charge in [-0.1, -0.05) is 29.8 Å². The summed E-state index contributed by atoms with van der Waals surface area (Å²) >= 11 is 0. The number of carbonyl (C=O) groups is 2. The first-order chi connectivity index (χ1) is 8.97. The zero-order valence-electron chi connectivity index (χ0n) is 10.3. The Bertz CT molecular complexity index is 609. The van der Waals surface area contributed by atoms with Crippen molar-refractivity contribution in [2.75, 3.05) is 0 Å². The van der Waals surface area contributed by atoms with Crippen LogP contribution >= 0.6 is 0 Å². The van der Waals surface area contributed by atoms with Crippen molar-refractivity contribution >= 4 is 11.9 Å². The molecule has 4 nitrogen and oxygen atoms in total. The van der Waals surface area contributed by atoms with Gasteiger partial charge in [0.15, 0.2) is 0 Å². The van der Waals surface area contributed by atoms with Crippen LogP contribution in [0.15, 0.2) is 42.5 Å². The predicted molar refractivity (Wildman–Crippen MR) is 70.5 cm³/mol. The predicted octanol–water partition coefficient (Wildman–Crippen LogP) is 3.06. The van der Waals surface area contributed by atoms with Gasteiger partial charge in [-0.2, -0.15) is 0 Å². The molecular weight excluding hydrogens is 244 g/mol. The fourth-order valence-electron chi connectivity index (χ4n) is 1.79. The summed E-state index contributed by atoms with van der Waals surface area (Å²) in [5.41, 5.74) is 2.39. The van der Waals surface area contributed by atoms with E-state index in [4.69, 9.17) is 10.2 Å². The molecule has 0 saturated heterocycles. The fraction of sp³-hybridized carbons (Fsp3) is 0.0667. The van der Waals surface area contributed by atoms with Gasteiger partial charge in [-0.05, 0) is 36.2 Å². The second-order valence-corrected chi connectivity index (χ2v) is 4.28. The topological polar surface area (TPSA) is 74.6 Å². The molecule has 2 N–H and O–H groups in total. The Morgan fingerprint density at radius 2 is 1.26 bits per heavy atom. The number of carboxylic acid groups (broad SMARTS) is 2. The van der Waals surface area contributed by atoms with E-state index in [1.807, 2.05) is 31.2 Å². The summed E-state index contributed by atoms with van der Waals surface area (Å²) in [5, 5.41) is 18.0. The Morgan fingerprint density at radius 3 is 1.68 bits per heavy atom. The number of hydrogen-bond acceptors (Lipinski definition) is 2. The summed E-state index contributed by atoms with van der Waals surface area (Å²) in [6, 6.07) is 11.6. The van der Waals surface area contributed by atoms with Crippen molar-refractivity contribution < 1.29 is 19.8 Å². The molecule has 0 aromatic heterocycles. The van der Waals surface area contributed by atoms with Crippen LogP contribution in [0.1, 0.15) is 26.3 Å². The summed E-state index contributed by atoms with van der Waals surface area (Å²) in [5.74, 6) is -2.28. The Hall–Kier alpha value is -2.62. The van der Waals surface area contributed by atoms with Gasteiger partial charge in [0, 0.05) is 0 Å². The first-order valence-electron chi connectivity index (χ1n) is 5.66. The van der Waals surface area contributed by atoms with Crippen LogP contribution in [-0.4, -0.2) is 22.2 Å². The molecule has 0 fully saturated rings. The molecular formula is C15H12O4. The molecule has 0 aliphatic rings. The lowest BCUT2D eigenvalue weighted by atomic mass is 9.99. The Labute approximate surface area is 109 Å². The van der Waals surface area contributed by atoms with Crippen molar-refractivity contribution in [3.8, 4) is 11.1 Å². The normalized spacial score (nSPS) is 10.2. The molecule has 0 amide bonds. The van der Waals surface area contributed by atoms with Crippen molar-refractivity contribution in [3.63, 3.8) is 0 Å². The highest BCUT2D eigenvalue weighted by atomic mass is 16.4. The van der Waals surface area contributed by atoms with Crippen LogP contribution < -0.4 is 0 Å². The lowest BCUT2D eigenvalue weighted by Gasteiger charge is -2.06. The van der Waals surface area contributed by atoms with E-state index in [0.29, 0.717) is 5.56 Å². The van der Waals surface area contributed by atoms with Crippen LogP contribution in [0.5, 0.6) is 0 Å². The zero-order chi connectivity index (χ0) is 14.0. The molecule has 0 radical (unpaired) electrons. The van der Waals surface area contributed by atoms with Gasteiger partial charge in [0.25, 0.3) is 0 Å².